The fraction of sp³-hybridized carbons (Fsp3) is 0.583. The number of carbonyl (C=O) groups excluding carboxylic acids is 2. The van der Waals surface area contributed by atoms with E-state index in [1.165, 1.54) is 0 Å². The predicted molar refractivity (Wildman–Crippen MR) is 69.5 cm³/mol. The SMILES string of the molecule is CCNC(=O)NC(=O)C(C)NCc1c(C)noc1C. The van der Waals surface area contributed by atoms with Crippen LogP contribution in [0.3, 0.4) is 0 Å². The third-order valence-electron chi connectivity index (χ3n) is 2.73. The van der Waals surface area contributed by atoms with E-state index >= 15 is 0 Å². The van der Waals surface area contributed by atoms with Gasteiger partial charge in [-0.1, -0.05) is 5.16 Å². The van der Waals surface area contributed by atoms with E-state index in [2.05, 4.69) is 21.1 Å². The highest BCUT2D eigenvalue weighted by Gasteiger charge is 2.16. The number of imide groups is 1. The van der Waals surface area contributed by atoms with E-state index in [0.717, 1.165) is 17.0 Å². The second-order valence-corrected chi connectivity index (χ2v) is 4.25. The number of nitrogens with zero attached hydrogens (tertiary/aromatic N) is 1. The van der Waals surface area contributed by atoms with E-state index < -0.39 is 12.1 Å². The predicted octanol–water partition coefficient (Wildman–Crippen LogP) is 0.615. The lowest BCUT2D eigenvalue weighted by Gasteiger charge is -2.13. The molecule has 0 aliphatic carbocycles. The average Bonchev–Trinajstić information content (AvgIpc) is 2.66. The Balaban J connectivity index is 2.45. The molecule has 0 spiro atoms. The van der Waals surface area contributed by atoms with Crippen LogP contribution >= 0.6 is 0 Å². The zero-order valence-electron chi connectivity index (χ0n) is 11.7. The summed E-state index contributed by atoms with van der Waals surface area (Å²) in [6.45, 7) is 8.06. The molecule has 106 valence electrons. The molecule has 0 bridgehead atoms. The fourth-order valence-corrected chi connectivity index (χ4v) is 1.53. The molecule has 3 amide bonds. The van der Waals surface area contributed by atoms with Crippen molar-refractivity contribution in [2.24, 2.45) is 0 Å². The lowest BCUT2D eigenvalue weighted by molar-refractivity contribution is -0.121. The Morgan fingerprint density at radius 2 is 2.05 bits per heavy atom. The molecule has 1 aromatic rings. The van der Waals surface area contributed by atoms with Gasteiger partial charge in [-0.05, 0) is 27.7 Å². The molecule has 0 aliphatic heterocycles. The Morgan fingerprint density at radius 3 is 2.58 bits per heavy atom. The van der Waals surface area contributed by atoms with E-state index in [1.807, 2.05) is 13.8 Å². The molecular weight excluding hydrogens is 248 g/mol. The van der Waals surface area contributed by atoms with Crippen LogP contribution in [0.2, 0.25) is 0 Å². The zero-order valence-corrected chi connectivity index (χ0v) is 11.7. The van der Waals surface area contributed by atoms with Crippen molar-refractivity contribution in [3.05, 3.63) is 17.0 Å². The lowest BCUT2D eigenvalue weighted by Crippen LogP contribution is -2.47. The van der Waals surface area contributed by atoms with Crippen LogP contribution in [0.25, 0.3) is 0 Å². The van der Waals surface area contributed by atoms with E-state index in [1.54, 1.807) is 13.8 Å². The van der Waals surface area contributed by atoms with Crippen LogP contribution in [0.15, 0.2) is 4.52 Å². The maximum absolute atomic E-state index is 11.7. The van der Waals surface area contributed by atoms with Gasteiger partial charge < -0.3 is 15.2 Å². The van der Waals surface area contributed by atoms with Crippen LogP contribution in [-0.4, -0.2) is 29.7 Å². The van der Waals surface area contributed by atoms with Gasteiger partial charge in [-0.25, -0.2) is 4.79 Å². The minimum Gasteiger partial charge on any atom is -0.361 e. The molecule has 0 radical (unpaired) electrons. The minimum absolute atomic E-state index is 0.377. The number of amides is 3. The van der Waals surface area contributed by atoms with E-state index in [4.69, 9.17) is 4.52 Å². The molecule has 7 nitrogen and oxygen atoms in total. The van der Waals surface area contributed by atoms with Crippen LogP contribution in [0, 0.1) is 13.8 Å². The quantitative estimate of drug-likeness (QED) is 0.727. The van der Waals surface area contributed by atoms with Crippen molar-refractivity contribution < 1.29 is 14.1 Å². The maximum Gasteiger partial charge on any atom is 0.321 e. The Kier molecular flexibility index (Phi) is 5.50. The van der Waals surface area contributed by atoms with Crippen LogP contribution in [-0.2, 0) is 11.3 Å². The highest BCUT2D eigenvalue weighted by atomic mass is 16.5. The van der Waals surface area contributed by atoms with E-state index in [-0.39, 0.29) is 5.91 Å². The van der Waals surface area contributed by atoms with Crippen molar-refractivity contribution in [3.8, 4) is 0 Å². The van der Waals surface area contributed by atoms with Crippen LogP contribution < -0.4 is 16.0 Å². The lowest BCUT2D eigenvalue weighted by atomic mass is 10.2. The third kappa shape index (κ3) is 4.36. The van der Waals surface area contributed by atoms with Crippen molar-refractivity contribution in [1.82, 2.24) is 21.1 Å². The van der Waals surface area contributed by atoms with Crippen LogP contribution in [0.4, 0.5) is 4.79 Å². The number of hydrogen-bond donors (Lipinski definition) is 3. The van der Waals surface area contributed by atoms with E-state index in [0.29, 0.717) is 13.1 Å². The normalized spacial score (nSPS) is 12.0. The van der Waals surface area contributed by atoms with Gasteiger partial charge in [-0.2, -0.15) is 0 Å². The molecule has 0 fully saturated rings. The van der Waals surface area contributed by atoms with Gasteiger partial charge in [0.1, 0.15) is 5.76 Å². The van der Waals surface area contributed by atoms with Gasteiger partial charge in [0, 0.05) is 18.7 Å². The first kappa shape index (κ1) is 15.2. The number of carbonyl (C=O) groups is 2. The number of nitrogens with one attached hydrogen (secondary N) is 3. The molecule has 1 unspecified atom stereocenters. The molecule has 0 aliphatic rings. The van der Waals surface area contributed by atoms with Gasteiger partial charge in [0.15, 0.2) is 0 Å². The molecule has 19 heavy (non-hydrogen) atoms. The Bertz CT molecular complexity index is 436. The number of urea groups is 1. The smallest absolute Gasteiger partial charge is 0.321 e. The molecule has 0 aromatic carbocycles. The van der Waals surface area contributed by atoms with Gasteiger partial charge in [-0.3, -0.25) is 10.1 Å². The first-order chi connectivity index (χ1) is 8.95. The molecule has 7 heteroatoms. The largest absolute Gasteiger partial charge is 0.361 e. The second kappa shape index (κ2) is 6.89. The highest BCUT2D eigenvalue weighted by Crippen LogP contribution is 2.11. The summed E-state index contributed by atoms with van der Waals surface area (Å²) in [6.07, 6.45) is 0. The summed E-state index contributed by atoms with van der Waals surface area (Å²) in [5.74, 6) is 0.346. The summed E-state index contributed by atoms with van der Waals surface area (Å²) in [4.78, 5) is 22.9. The number of aryl methyl sites for hydroxylation is 2. The molecule has 1 atom stereocenters. The number of hydrogen-bond acceptors (Lipinski definition) is 5. The minimum atomic E-state index is -0.490. The van der Waals surface area contributed by atoms with Gasteiger partial charge in [0.25, 0.3) is 0 Å². The zero-order chi connectivity index (χ0) is 14.4. The first-order valence-electron chi connectivity index (χ1n) is 6.19. The monoisotopic (exact) mass is 268 g/mol. The van der Waals surface area contributed by atoms with Crippen molar-refractivity contribution in [2.45, 2.75) is 40.3 Å². The molecular formula is C12H20N4O3. The van der Waals surface area contributed by atoms with Gasteiger partial charge in [0.05, 0.1) is 11.7 Å². The Morgan fingerprint density at radius 1 is 1.37 bits per heavy atom. The topological polar surface area (TPSA) is 96.3 Å². The summed E-state index contributed by atoms with van der Waals surface area (Å²) in [7, 11) is 0. The van der Waals surface area contributed by atoms with Gasteiger partial charge >= 0.3 is 6.03 Å². The standard InChI is InChI=1S/C12H20N4O3/c1-5-13-12(18)15-11(17)8(3)14-6-10-7(2)16-19-9(10)4/h8,14H,5-6H2,1-4H3,(H2,13,15,17,18). The first-order valence-corrected chi connectivity index (χ1v) is 6.19. The molecule has 1 rings (SSSR count). The molecule has 1 heterocycles. The van der Waals surface area contributed by atoms with Crippen LogP contribution in [0.1, 0.15) is 30.9 Å². The van der Waals surface area contributed by atoms with Crippen LogP contribution in [0.5, 0.6) is 0 Å². The summed E-state index contributed by atoms with van der Waals surface area (Å²) >= 11 is 0. The van der Waals surface area contributed by atoms with Crippen molar-refractivity contribution in [1.29, 1.82) is 0 Å². The van der Waals surface area contributed by atoms with Crippen molar-refractivity contribution >= 4 is 11.9 Å². The van der Waals surface area contributed by atoms with Crippen molar-refractivity contribution in [2.75, 3.05) is 6.54 Å². The summed E-state index contributed by atoms with van der Waals surface area (Å²) in [5.41, 5.74) is 1.72. The van der Waals surface area contributed by atoms with Gasteiger partial charge in [-0.15, -0.1) is 0 Å². The molecule has 0 saturated heterocycles. The fourth-order valence-electron chi connectivity index (χ4n) is 1.53. The summed E-state index contributed by atoms with van der Waals surface area (Å²) in [6, 6.07) is -0.977. The van der Waals surface area contributed by atoms with Crippen molar-refractivity contribution in [3.63, 3.8) is 0 Å². The Labute approximate surface area is 112 Å². The number of aromatic nitrogens is 1. The van der Waals surface area contributed by atoms with E-state index in [9.17, 15) is 9.59 Å². The average molecular weight is 268 g/mol. The molecule has 0 saturated carbocycles. The second-order valence-electron chi connectivity index (χ2n) is 4.25. The Hall–Kier alpha value is -1.89. The maximum atomic E-state index is 11.7. The molecule has 3 N–H and O–H groups in total. The highest BCUT2D eigenvalue weighted by molar-refractivity contribution is 5.96. The summed E-state index contributed by atoms with van der Waals surface area (Å²) in [5, 5.41) is 11.6. The summed E-state index contributed by atoms with van der Waals surface area (Å²) < 4.78 is 5.03. The van der Waals surface area contributed by atoms with Gasteiger partial charge in [0.2, 0.25) is 5.91 Å². The number of rotatable bonds is 5. The third-order valence-corrected chi connectivity index (χ3v) is 2.73. The molecule has 1 aromatic heterocycles.